The van der Waals surface area contributed by atoms with Gasteiger partial charge in [0.25, 0.3) is 0 Å². The molecule has 0 unspecified atom stereocenters. The van der Waals surface area contributed by atoms with Crippen LogP contribution < -0.4 is 5.32 Å². The fourth-order valence-corrected chi connectivity index (χ4v) is 5.04. The van der Waals surface area contributed by atoms with E-state index in [9.17, 15) is 4.79 Å². The van der Waals surface area contributed by atoms with E-state index in [4.69, 9.17) is 9.68 Å². The number of nitrogens with zero attached hydrogens (tertiary/aromatic N) is 4. The molecule has 1 aromatic carbocycles. The summed E-state index contributed by atoms with van der Waals surface area (Å²) in [7, 11) is 4.05. The van der Waals surface area contributed by atoms with Gasteiger partial charge in [0.15, 0.2) is 5.58 Å². The summed E-state index contributed by atoms with van der Waals surface area (Å²) in [6, 6.07) is 14.5. The van der Waals surface area contributed by atoms with Gasteiger partial charge >= 0.3 is 0 Å². The van der Waals surface area contributed by atoms with E-state index < -0.39 is 0 Å². The summed E-state index contributed by atoms with van der Waals surface area (Å²) in [6.07, 6.45) is 6.42. The standard InChI is InChI=1S/C26H30BrN5O2/c1-31(12-13-32(2)24(33)14-18-6-4-3-5-7-18)20-10-8-19(9-11-20)30-26-25(27)22-15-21(16-28)34-23(22)17-29-26/h3-7,15,17,19-20H,8-14H2,1-2H3,(H,29,30). The van der Waals surface area contributed by atoms with E-state index >= 15 is 0 Å². The van der Waals surface area contributed by atoms with Crippen molar-refractivity contribution in [2.75, 3.05) is 32.5 Å². The highest BCUT2D eigenvalue weighted by Crippen LogP contribution is 2.33. The highest BCUT2D eigenvalue weighted by molar-refractivity contribution is 9.10. The van der Waals surface area contributed by atoms with Crippen LogP contribution in [0.5, 0.6) is 0 Å². The first-order valence-corrected chi connectivity index (χ1v) is 12.5. The van der Waals surface area contributed by atoms with Crippen molar-refractivity contribution in [1.82, 2.24) is 14.8 Å². The molecule has 1 aliphatic rings. The summed E-state index contributed by atoms with van der Waals surface area (Å²) in [5, 5.41) is 13.5. The maximum Gasteiger partial charge on any atom is 0.226 e. The highest BCUT2D eigenvalue weighted by atomic mass is 79.9. The molecule has 8 heteroatoms. The molecule has 0 radical (unpaired) electrons. The van der Waals surface area contributed by atoms with E-state index in [0.717, 1.165) is 60.0 Å². The number of aromatic nitrogens is 1. The Hall–Kier alpha value is -2.89. The molecule has 2 aromatic heterocycles. The van der Waals surface area contributed by atoms with Crippen molar-refractivity contribution in [3.63, 3.8) is 0 Å². The second-order valence-corrected chi connectivity index (χ2v) is 9.82. The van der Waals surface area contributed by atoms with Gasteiger partial charge in [-0.25, -0.2) is 4.98 Å². The molecular formula is C26H30BrN5O2. The largest absolute Gasteiger partial charge is 0.444 e. The third kappa shape index (κ3) is 5.78. The third-order valence-corrected chi connectivity index (χ3v) is 7.50. The SMILES string of the molecule is CN(CCN(C)C1CCC(Nc2ncc3oc(C#N)cc3c2Br)CC1)C(=O)Cc1ccccc1. The molecule has 178 valence electrons. The molecule has 7 nitrogen and oxygen atoms in total. The lowest BCUT2D eigenvalue weighted by Gasteiger charge is -2.36. The van der Waals surface area contributed by atoms with Gasteiger partial charge in [0, 0.05) is 43.7 Å². The molecular weight excluding hydrogens is 494 g/mol. The van der Waals surface area contributed by atoms with E-state index in [1.807, 2.05) is 48.3 Å². The number of fused-ring (bicyclic) bond motifs is 1. The summed E-state index contributed by atoms with van der Waals surface area (Å²) in [5.41, 5.74) is 1.66. The van der Waals surface area contributed by atoms with Crippen molar-refractivity contribution in [1.29, 1.82) is 5.26 Å². The Morgan fingerprint density at radius 2 is 1.94 bits per heavy atom. The molecule has 2 heterocycles. The van der Waals surface area contributed by atoms with Crippen molar-refractivity contribution < 1.29 is 9.21 Å². The summed E-state index contributed by atoms with van der Waals surface area (Å²) in [5.74, 6) is 1.22. The van der Waals surface area contributed by atoms with Gasteiger partial charge in [-0.3, -0.25) is 4.79 Å². The number of likely N-dealkylation sites (N-methyl/N-ethyl adjacent to an activating group) is 2. The Balaban J connectivity index is 1.23. The summed E-state index contributed by atoms with van der Waals surface area (Å²) >= 11 is 3.62. The van der Waals surface area contributed by atoms with Crippen molar-refractivity contribution >= 4 is 38.6 Å². The van der Waals surface area contributed by atoms with Gasteiger partial charge in [0.1, 0.15) is 11.9 Å². The molecule has 0 bridgehead atoms. The molecule has 1 saturated carbocycles. The fraction of sp³-hybridized carbons (Fsp3) is 0.423. The molecule has 1 amide bonds. The molecule has 1 fully saturated rings. The molecule has 1 aliphatic carbocycles. The van der Waals surface area contributed by atoms with Crippen molar-refractivity contribution in [3.05, 3.63) is 58.4 Å². The number of carbonyl (C=O) groups excluding carboxylic acids is 1. The average molecular weight is 524 g/mol. The molecule has 34 heavy (non-hydrogen) atoms. The van der Waals surface area contributed by atoms with Crippen molar-refractivity contribution in [3.8, 4) is 6.07 Å². The average Bonchev–Trinajstić information content (AvgIpc) is 3.29. The predicted molar refractivity (Wildman–Crippen MR) is 137 cm³/mol. The number of amides is 1. The minimum absolute atomic E-state index is 0.155. The zero-order valence-electron chi connectivity index (χ0n) is 19.6. The van der Waals surface area contributed by atoms with Crippen LogP contribution in [-0.4, -0.2) is 60.0 Å². The molecule has 1 N–H and O–H groups in total. The van der Waals surface area contributed by atoms with E-state index in [0.29, 0.717) is 24.1 Å². The van der Waals surface area contributed by atoms with Crippen LogP contribution >= 0.6 is 15.9 Å². The first-order chi connectivity index (χ1) is 16.4. The number of benzene rings is 1. The number of anilines is 1. The predicted octanol–water partition coefficient (Wildman–Crippen LogP) is 4.82. The molecule has 4 rings (SSSR count). The Bertz CT molecular complexity index is 1170. The van der Waals surface area contributed by atoms with E-state index in [2.05, 4.69) is 38.2 Å². The van der Waals surface area contributed by atoms with Crippen LogP contribution in [0.1, 0.15) is 37.0 Å². The van der Waals surface area contributed by atoms with E-state index in [1.54, 1.807) is 12.3 Å². The third-order valence-electron chi connectivity index (χ3n) is 6.70. The summed E-state index contributed by atoms with van der Waals surface area (Å²) in [6.45, 7) is 1.60. The lowest BCUT2D eigenvalue weighted by atomic mass is 9.90. The molecule has 3 aromatic rings. The quantitative estimate of drug-likeness (QED) is 0.455. The van der Waals surface area contributed by atoms with Gasteiger partial charge in [0.2, 0.25) is 11.7 Å². The maximum atomic E-state index is 12.5. The molecule has 0 saturated heterocycles. The van der Waals surface area contributed by atoms with Gasteiger partial charge in [-0.15, -0.1) is 0 Å². The number of carbonyl (C=O) groups is 1. The number of nitriles is 1. The van der Waals surface area contributed by atoms with Gasteiger partial charge < -0.3 is 19.5 Å². The van der Waals surface area contributed by atoms with Gasteiger partial charge in [-0.1, -0.05) is 30.3 Å². The minimum atomic E-state index is 0.155. The zero-order valence-corrected chi connectivity index (χ0v) is 21.2. The highest BCUT2D eigenvalue weighted by Gasteiger charge is 2.25. The Labute approximate surface area is 208 Å². The van der Waals surface area contributed by atoms with Crippen LogP contribution in [0, 0.1) is 11.3 Å². The summed E-state index contributed by atoms with van der Waals surface area (Å²) in [4.78, 5) is 21.2. The Kier molecular flexibility index (Phi) is 7.86. The molecule has 0 aliphatic heterocycles. The Morgan fingerprint density at radius 3 is 2.65 bits per heavy atom. The van der Waals surface area contributed by atoms with E-state index in [-0.39, 0.29) is 11.7 Å². The fourth-order valence-electron chi connectivity index (χ4n) is 4.51. The van der Waals surface area contributed by atoms with Crippen LogP contribution in [0.15, 0.2) is 51.5 Å². The monoisotopic (exact) mass is 523 g/mol. The number of halogens is 1. The minimum Gasteiger partial charge on any atom is -0.444 e. The van der Waals surface area contributed by atoms with Crippen LogP contribution in [0.25, 0.3) is 11.0 Å². The number of hydrogen-bond donors (Lipinski definition) is 1. The second kappa shape index (κ2) is 11.0. The molecule has 0 atom stereocenters. The number of hydrogen-bond acceptors (Lipinski definition) is 6. The topological polar surface area (TPSA) is 85.4 Å². The van der Waals surface area contributed by atoms with E-state index in [1.165, 1.54) is 0 Å². The van der Waals surface area contributed by atoms with Crippen LogP contribution in [0.2, 0.25) is 0 Å². The smallest absolute Gasteiger partial charge is 0.226 e. The van der Waals surface area contributed by atoms with Gasteiger partial charge in [0.05, 0.1) is 17.1 Å². The van der Waals surface area contributed by atoms with Crippen molar-refractivity contribution in [2.45, 2.75) is 44.2 Å². The number of nitrogens with one attached hydrogen (secondary N) is 1. The number of pyridine rings is 1. The van der Waals surface area contributed by atoms with Crippen LogP contribution in [0.4, 0.5) is 5.82 Å². The second-order valence-electron chi connectivity index (χ2n) is 9.03. The van der Waals surface area contributed by atoms with Gasteiger partial charge in [-0.05, 0) is 54.2 Å². The molecule has 0 spiro atoms. The number of furan rings is 1. The van der Waals surface area contributed by atoms with Crippen LogP contribution in [-0.2, 0) is 11.2 Å². The normalized spacial score (nSPS) is 18.1. The van der Waals surface area contributed by atoms with Crippen molar-refractivity contribution in [2.24, 2.45) is 0 Å². The van der Waals surface area contributed by atoms with Gasteiger partial charge in [-0.2, -0.15) is 5.26 Å². The first-order valence-electron chi connectivity index (χ1n) is 11.7. The zero-order chi connectivity index (χ0) is 24.1. The summed E-state index contributed by atoms with van der Waals surface area (Å²) < 4.78 is 6.29. The lowest BCUT2D eigenvalue weighted by molar-refractivity contribution is -0.129. The maximum absolute atomic E-state index is 12.5. The lowest BCUT2D eigenvalue weighted by Crippen LogP contribution is -2.42. The number of rotatable bonds is 8. The van der Waals surface area contributed by atoms with Crippen LogP contribution in [0.3, 0.4) is 0 Å². The Morgan fingerprint density at radius 1 is 1.21 bits per heavy atom. The first kappa shape index (κ1) is 24.2.